The van der Waals surface area contributed by atoms with Crippen molar-refractivity contribution in [1.82, 2.24) is 8.87 Å². The van der Waals surface area contributed by atoms with E-state index in [1.54, 1.807) is 35.9 Å². The van der Waals surface area contributed by atoms with Crippen LogP contribution in [-0.4, -0.2) is 31.4 Å². The van der Waals surface area contributed by atoms with Crippen molar-refractivity contribution >= 4 is 31.6 Å². The van der Waals surface area contributed by atoms with Crippen molar-refractivity contribution in [3.8, 4) is 5.75 Å². The molecule has 0 aliphatic rings. The zero-order chi connectivity index (χ0) is 18.9. The lowest BCUT2D eigenvalue weighted by atomic mass is 10.2. The minimum atomic E-state index is -3.69. The maximum atomic E-state index is 12.9. The topological polar surface area (TPSA) is 68.6 Å². The number of rotatable bonds is 6. The second-order valence-corrected chi connectivity index (χ2v) is 8.85. The second kappa shape index (κ2) is 7.22. The predicted molar refractivity (Wildman–Crippen MR) is 103 cm³/mol. The first-order valence-corrected chi connectivity index (χ1v) is 10.4. The number of hydrogen-bond donors (Lipinski definition) is 0. The Labute approximate surface area is 156 Å². The van der Waals surface area contributed by atoms with Gasteiger partial charge in [0.25, 0.3) is 0 Å². The highest BCUT2D eigenvalue weighted by molar-refractivity contribution is 7.89. The number of methoxy groups -OCH3 is 1. The highest BCUT2D eigenvalue weighted by Crippen LogP contribution is 2.26. The number of sulfonamides is 1. The van der Waals surface area contributed by atoms with Gasteiger partial charge in [-0.3, -0.25) is 9.36 Å². The van der Waals surface area contributed by atoms with Gasteiger partial charge < -0.3 is 4.74 Å². The third-order valence-corrected chi connectivity index (χ3v) is 6.99. The number of ether oxygens (including phenoxy) is 1. The molecule has 0 aliphatic carbocycles. The van der Waals surface area contributed by atoms with Crippen molar-refractivity contribution in [2.24, 2.45) is 0 Å². The molecule has 3 aromatic rings. The molecular weight excluding hydrogens is 372 g/mol. The molecule has 0 atom stereocenters. The molecule has 0 fully saturated rings. The third kappa shape index (κ3) is 3.27. The molecule has 2 aromatic carbocycles. The van der Waals surface area contributed by atoms with E-state index in [1.165, 1.54) is 11.4 Å². The molecule has 0 aliphatic heterocycles. The van der Waals surface area contributed by atoms with Gasteiger partial charge in [0.2, 0.25) is 10.0 Å². The van der Waals surface area contributed by atoms with Crippen molar-refractivity contribution in [2.75, 3.05) is 14.2 Å². The Morgan fingerprint density at radius 1 is 1.19 bits per heavy atom. The van der Waals surface area contributed by atoms with Gasteiger partial charge in [0.1, 0.15) is 5.75 Å². The van der Waals surface area contributed by atoms with Crippen LogP contribution in [0.2, 0.25) is 0 Å². The summed E-state index contributed by atoms with van der Waals surface area (Å²) in [5, 5.41) is 0. The Morgan fingerprint density at radius 3 is 2.62 bits per heavy atom. The average molecular weight is 393 g/mol. The summed E-state index contributed by atoms with van der Waals surface area (Å²) in [7, 11) is -0.600. The molecule has 0 N–H and O–H groups in total. The van der Waals surface area contributed by atoms with Gasteiger partial charge in [-0.2, -0.15) is 4.31 Å². The van der Waals surface area contributed by atoms with E-state index in [4.69, 9.17) is 4.74 Å². The van der Waals surface area contributed by atoms with Crippen LogP contribution in [0.4, 0.5) is 0 Å². The van der Waals surface area contributed by atoms with Crippen LogP contribution >= 0.6 is 11.3 Å². The number of aromatic nitrogens is 1. The molecule has 26 heavy (non-hydrogen) atoms. The summed E-state index contributed by atoms with van der Waals surface area (Å²) >= 11 is 1.06. The summed E-state index contributed by atoms with van der Waals surface area (Å²) in [6.45, 7) is 2.63. The van der Waals surface area contributed by atoms with Crippen LogP contribution in [0.1, 0.15) is 12.5 Å². The smallest absolute Gasteiger partial charge is 0.308 e. The summed E-state index contributed by atoms with van der Waals surface area (Å²) in [5.74, 6) is 0.642. The summed E-state index contributed by atoms with van der Waals surface area (Å²) in [4.78, 5) is 12.1. The monoisotopic (exact) mass is 392 g/mol. The van der Waals surface area contributed by atoms with Crippen LogP contribution in [0.3, 0.4) is 0 Å². The van der Waals surface area contributed by atoms with Gasteiger partial charge in [-0.25, -0.2) is 8.42 Å². The minimum Gasteiger partial charge on any atom is -0.496 e. The Kier molecular flexibility index (Phi) is 5.17. The maximum Gasteiger partial charge on any atom is 0.308 e. The molecule has 0 radical (unpaired) electrons. The molecule has 0 saturated heterocycles. The number of aryl methyl sites for hydroxylation is 1. The standard InChI is InChI=1S/C18H20N2O4S2/c1-4-20-15-10-9-14(11-17(15)25-18(20)21)26(22,23)19(2)12-13-7-5-6-8-16(13)24-3/h5-11H,4,12H2,1-3H3. The van der Waals surface area contributed by atoms with Crippen molar-refractivity contribution < 1.29 is 13.2 Å². The summed E-state index contributed by atoms with van der Waals surface area (Å²) in [6.07, 6.45) is 0. The van der Waals surface area contributed by atoms with E-state index in [-0.39, 0.29) is 16.3 Å². The quantitative estimate of drug-likeness (QED) is 0.647. The Hall–Kier alpha value is -2.16. The summed E-state index contributed by atoms with van der Waals surface area (Å²) in [6, 6.07) is 12.1. The lowest BCUT2D eigenvalue weighted by molar-refractivity contribution is 0.398. The number of thiazole rings is 1. The lowest BCUT2D eigenvalue weighted by Crippen LogP contribution is -2.26. The van der Waals surface area contributed by atoms with Gasteiger partial charge in [0, 0.05) is 25.7 Å². The molecule has 0 bridgehead atoms. The number of fused-ring (bicyclic) bond motifs is 1. The first-order valence-electron chi connectivity index (χ1n) is 8.10. The Morgan fingerprint density at radius 2 is 1.92 bits per heavy atom. The van der Waals surface area contributed by atoms with Gasteiger partial charge in [0.15, 0.2) is 0 Å². The molecule has 1 aromatic heterocycles. The Bertz CT molecular complexity index is 1100. The molecule has 0 amide bonds. The van der Waals surface area contributed by atoms with Crippen LogP contribution in [0.5, 0.6) is 5.75 Å². The fraction of sp³-hybridized carbons (Fsp3) is 0.278. The van der Waals surface area contributed by atoms with Gasteiger partial charge in [-0.1, -0.05) is 29.5 Å². The Balaban J connectivity index is 1.96. The molecule has 6 nitrogen and oxygen atoms in total. The van der Waals surface area contributed by atoms with Crippen LogP contribution in [0, 0.1) is 0 Å². The molecule has 0 spiro atoms. The van der Waals surface area contributed by atoms with Crippen molar-refractivity contribution in [3.05, 3.63) is 57.7 Å². The largest absolute Gasteiger partial charge is 0.496 e. The number of benzene rings is 2. The molecule has 3 rings (SSSR count). The second-order valence-electron chi connectivity index (χ2n) is 5.81. The average Bonchev–Trinajstić information content (AvgIpc) is 2.96. The number of nitrogens with zero attached hydrogens (tertiary/aromatic N) is 2. The zero-order valence-electron chi connectivity index (χ0n) is 14.8. The molecule has 138 valence electrons. The van der Waals surface area contributed by atoms with Crippen LogP contribution < -0.4 is 9.61 Å². The fourth-order valence-corrected chi connectivity index (χ4v) is 5.09. The SMILES string of the molecule is CCn1c(=O)sc2cc(S(=O)(=O)N(C)Cc3ccccc3OC)ccc21. The van der Waals surface area contributed by atoms with Gasteiger partial charge in [-0.15, -0.1) is 0 Å². The van der Waals surface area contributed by atoms with E-state index in [9.17, 15) is 13.2 Å². The molecule has 8 heteroatoms. The van der Waals surface area contributed by atoms with E-state index < -0.39 is 10.0 Å². The van der Waals surface area contributed by atoms with Crippen molar-refractivity contribution in [1.29, 1.82) is 0 Å². The van der Waals surface area contributed by atoms with E-state index in [2.05, 4.69) is 0 Å². The molecule has 0 unspecified atom stereocenters. The number of hydrogen-bond acceptors (Lipinski definition) is 5. The van der Waals surface area contributed by atoms with E-state index in [0.29, 0.717) is 17.0 Å². The van der Waals surface area contributed by atoms with E-state index in [0.717, 1.165) is 22.4 Å². The van der Waals surface area contributed by atoms with E-state index in [1.807, 2.05) is 25.1 Å². The van der Waals surface area contributed by atoms with Gasteiger partial charge >= 0.3 is 4.87 Å². The molecule has 0 saturated carbocycles. The van der Waals surface area contributed by atoms with E-state index >= 15 is 0 Å². The third-order valence-electron chi connectivity index (χ3n) is 4.25. The lowest BCUT2D eigenvalue weighted by Gasteiger charge is -2.18. The maximum absolute atomic E-state index is 12.9. The van der Waals surface area contributed by atoms with Crippen molar-refractivity contribution in [2.45, 2.75) is 24.9 Å². The highest BCUT2D eigenvalue weighted by atomic mass is 32.2. The van der Waals surface area contributed by atoms with Crippen molar-refractivity contribution in [3.63, 3.8) is 0 Å². The van der Waals surface area contributed by atoms with Crippen LogP contribution in [0.25, 0.3) is 10.2 Å². The zero-order valence-corrected chi connectivity index (χ0v) is 16.4. The first-order chi connectivity index (χ1) is 12.4. The normalized spacial score (nSPS) is 12.0. The minimum absolute atomic E-state index is 0.0839. The highest BCUT2D eigenvalue weighted by Gasteiger charge is 2.23. The summed E-state index contributed by atoms with van der Waals surface area (Å²) < 4.78 is 34.8. The predicted octanol–water partition coefficient (Wildman–Crippen LogP) is 2.91. The van der Waals surface area contributed by atoms with Crippen LogP contribution in [-0.2, 0) is 23.1 Å². The van der Waals surface area contributed by atoms with Gasteiger partial charge in [-0.05, 0) is 31.2 Å². The molecular formula is C18H20N2O4S2. The summed E-state index contributed by atoms with van der Waals surface area (Å²) in [5.41, 5.74) is 1.54. The fourth-order valence-electron chi connectivity index (χ4n) is 2.84. The number of para-hydroxylation sites is 1. The van der Waals surface area contributed by atoms with Crippen LogP contribution in [0.15, 0.2) is 52.2 Å². The molecule has 1 heterocycles. The first kappa shape index (κ1) is 18.6. The van der Waals surface area contributed by atoms with Gasteiger partial charge in [0.05, 0.1) is 22.2 Å².